The van der Waals surface area contributed by atoms with Crippen LogP contribution in [0.3, 0.4) is 0 Å². The van der Waals surface area contributed by atoms with Crippen LogP contribution in [0.1, 0.15) is 20.2 Å². The fraction of sp³-hybridized carbons (Fsp3) is 0.125. The molecule has 0 saturated carbocycles. The summed E-state index contributed by atoms with van der Waals surface area (Å²) in [5, 5.41) is 7.95. The maximum Gasteiger partial charge on any atom is 0.266 e. The Labute approximate surface area is 137 Å². The Morgan fingerprint density at radius 3 is 2.73 bits per heavy atom. The fourth-order valence-electron chi connectivity index (χ4n) is 2.13. The zero-order chi connectivity index (χ0) is 15.7. The Hall–Kier alpha value is -2.11. The normalized spacial score (nSPS) is 10.7. The van der Waals surface area contributed by atoms with E-state index in [9.17, 15) is 4.79 Å². The molecule has 1 aromatic carbocycles. The lowest BCUT2D eigenvalue weighted by atomic mass is 10.3. The SMILES string of the molecule is Cc1cc(NC(=O)c2ccc(C)s2)n(-c2cccc(Cl)c2)n1. The van der Waals surface area contributed by atoms with Gasteiger partial charge < -0.3 is 5.32 Å². The average Bonchev–Trinajstić information content (AvgIpc) is 3.05. The maximum atomic E-state index is 12.3. The Balaban J connectivity index is 1.93. The van der Waals surface area contributed by atoms with Crippen LogP contribution in [-0.4, -0.2) is 15.7 Å². The van der Waals surface area contributed by atoms with Crippen LogP contribution in [0.4, 0.5) is 5.82 Å². The standard InChI is InChI=1S/C16H14ClN3OS/c1-10-8-15(18-16(21)14-7-6-11(2)22-14)20(19-10)13-5-3-4-12(17)9-13/h3-9H,1-2H3,(H,18,21). The van der Waals surface area contributed by atoms with E-state index >= 15 is 0 Å². The van der Waals surface area contributed by atoms with E-state index in [-0.39, 0.29) is 5.91 Å². The summed E-state index contributed by atoms with van der Waals surface area (Å²) in [7, 11) is 0. The molecule has 1 amide bonds. The molecule has 6 heteroatoms. The summed E-state index contributed by atoms with van der Waals surface area (Å²) in [6.07, 6.45) is 0. The molecule has 0 saturated heterocycles. The molecule has 0 spiro atoms. The van der Waals surface area contributed by atoms with Crippen LogP contribution in [0.5, 0.6) is 0 Å². The molecule has 1 N–H and O–H groups in total. The summed E-state index contributed by atoms with van der Waals surface area (Å²) in [5.41, 5.74) is 1.62. The van der Waals surface area contributed by atoms with Gasteiger partial charge in [-0.2, -0.15) is 5.10 Å². The number of halogens is 1. The first kappa shape index (κ1) is 14.8. The lowest BCUT2D eigenvalue weighted by Gasteiger charge is -2.08. The van der Waals surface area contributed by atoms with E-state index in [1.165, 1.54) is 11.3 Å². The van der Waals surface area contributed by atoms with Gasteiger partial charge in [0.2, 0.25) is 0 Å². The summed E-state index contributed by atoms with van der Waals surface area (Å²) in [6, 6.07) is 12.9. The Kier molecular flexibility index (Phi) is 4.00. The third-order valence-electron chi connectivity index (χ3n) is 3.09. The van der Waals surface area contributed by atoms with Crippen molar-refractivity contribution in [1.29, 1.82) is 0 Å². The van der Waals surface area contributed by atoms with E-state index in [0.717, 1.165) is 16.3 Å². The van der Waals surface area contributed by atoms with Crippen LogP contribution in [0.15, 0.2) is 42.5 Å². The van der Waals surface area contributed by atoms with E-state index in [0.29, 0.717) is 15.7 Å². The highest BCUT2D eigenvalue weighted by molar-refractivity contribution is 7.14. The Morgan fingerprint density at radius 1 is 1.23 bits per heavy atom. The summed E-state index contributed by atoms with van der Waals surface area (Å²) in [6.45, 7) is 3.85. The van der Waals surface area contributed by atoms with Crippen molar-refractivity contribution >= 4 is 34.7 Å². The number of anilines is 1. The van der Waals surface area contributed by atoms with Gasteiger partial charge >= 0.3 is 0 Å². The molecular formula is C16H14ClN3OS. The molecule has 0 unspecified atom stereocenters. The molecule has 0 radical (unpaired) electrons. The van der Waals surface area contributed by atoms with Crippen molar-refractivity contribution in [2.45, 2.75) is 13.8 Å². The van der Waals surface area contributed by atoms with Crippen molar-refractivity contribution in [3.8, 4) is 5.69 Å². The number of rotatable bonds is 3. The lowest BCUT2D eigenvalue weighted by molar-refractivity contribution is 0.103. The second-order valence-electron chi connectivity index (χ2n) is 4.93. The first-order chi connectivity index (χ1) is 10.5. The highest BCUT2D eigenvalue weighted by atomic mass is 35.5. The van der Waals surface area contributed by atoms with Gasteiger partial charge in [0.1, 0.15) is 5.82 Å². The molecule has 3 rings (SSSR count). The largest absolute Gasteiger partial charge is 0.306 e. The van der Waals surface area contributed by atoms with E-state index in [1.807, 2.05) is 44.2 Å². The number of benzene rings is 1. The van der Waals surface area contributed by atoms with Crippen molar-refractivity contribution < 1.29 is 4.79 Å². The summed E-state index contributed by atoms with van der Waals surface area (Å²) in [4.78, 5) is 14.1. The number of amides is 1. The first-order valence-corrected chi connectivity index (χ1v) is 7.93. The number of hydrogen-bond acceptors (Lipinski definition) is 3. The Morgan fingerprint density at radius 2 is 2.05 bits per heavy atom. The predicted octanol–water partition coefficient (Wildman–Crippen LogP) is 4.46. The zero-order valence-corrected chi connectivity index (χ0v) is 13.7. The minimum absolute atomic E-state index is 0.138. The molecule has 0 aliphatic carbocycles. The van der Waals surface area contributed by atoms with Gasteiger partial charge in [-0.15, -0.1) is 11.3 Å². The third kappa shape index (κ3) is 3.05. The molecule has 3 aromatic rings. The van der Waals surface area contributed by atoms with E-state index in [2.05, 4.69) is 10.4 Å². The van der Waals surface area contributed by atoms with Gasteiger partial charge in [-0.05, 0) is 44.2 Å². The molecular weight excluding hydrogens is 318 g/mol. The van der Waals surface area contributed by atoms with Crippen LogP contribution in [0.25, 0.3) is 5.69 Å². The minimum atomic E-state index is -0.138. The molecule has 0 aliphatic heterocycles. The number of aromatic nitrogens is 2. The van der Waals surface area contributed by atoms with E-state index < -0.39 is 0 Å². The van der Waals surface area contributed by atoms with Crippen LogP contribution in [0, 0.1) is 13.8 Å². The quantitative estimate of drug-likeness (QED) is 0.770. The molecule has 2 heterocycles. The molecule has 0 aliphatic rings. The monoisotopic (exact) mass is 331 g/mol. The summed E-state index contributed by atoms with van der Waals surface area (Å²) < 4.78 is 1.68. The van der Waals surface area contributed by atoms with E-state index in [1.54, 1.807) is 16.8 Å². The minimum Gasteiger partial charge on any atom is -0.306 e. The number of nitrogens with zero attached hydrogens (tertiary/aromatic N) is 2. The fourth-order valence-corrected chi connectivity index (χ4v) is 3.07. The molecule has 0 fully saturated rings. The second kappa shape index (κ2) is 5.94. The van der Waals surface area contributed by atoms with Crippen molar-refractivity contribution in [3.05, 3.63) is 62.9 Å². The summed E-state index contributed by atoms with van der Waals surface area (Å²) in [5.74, 6) is 0.483. The van der Waals surface area contributed by atoms with Crippen molar-refractivity contribution in [3.63, 3.8) is 0 Å². The van der Waals surface area contributed by atoms with Gasteiger partial charge in [0.05, 0.1) is 16.3 Å². The molecule has 22 heavy (non-hydrogen) atoms. The van der Waals surface area contributed by atoms with Crippen molar-refractivity contribution in [2.75, 3.05) is 5.32 Å². The summed E-state index contributed by atoms with van der Waals surface area (Å²) >= 11 is 7.49. The first-order valence-electron chi connectivity index (χ1n) is 6.73. The molecule has 2 aromatic heterocycles. The van der Waals surface area contributed by atoms with E-state index in [4.69, 9.17) is 11.6 Å². The van der Waals surface area contributed by atoms with Crippen LogP contribution in [0.2, 0.25) is 5.02 Å². The number of aryl methyl sites for hydroxylation is 2. The lowest BCUT2D eigenvalue weighted by Crippen LogP contribution is -2.13. The second-order valence-corrected chi connectivity index (χ2v) is 6.65. The van der Waals surface area contributed by atoms with Crippen molar-refractivity contribution in [2.24, 2.45) is 0 Å². The molecule has 112 valence electrons. The van der Waals surface area contributed by atoms with Crippen molar-refractivity contribution in [1.82, 2.24) is 9.78 Å². The number of hydrogen-bond donors (Lipinski definition) is 1. The number of carbonyl (C=O) groups excluding carboxylic acids is 1. The van der Waals surface area contributed by atoms with Crippen LogP contribution in [-0.2, 0) is 0 Å². The highest BCUT2D eigenvalue weighted by Gasteiger charge is 2.13. The third-order valence-corrected chi connectivity index (χ3v) is 4.32. The van der Waals surface area contributed by atoms with Gasteiger partial charge in [0.15, 0.2) is 0 Å². The number of nitrogens with one attached hydrogen (secondary N) is 1. The average molecular weight is 332 g/mol. The molecule has 0 atom stereocenters. The van der Waals surface area contributed by atoms with Gasteiger partial charge in [-0.25, -0.2) is 4.68 Å². The van der Waals surface area contributed by atoms with Gasteiger partial charge in [0.25, 0.3) is 5.91 Å². The zero-order valence-electron chi connectivity index (χ0n) is 12.1. The van der Waals surface area contributed by atoms with Gasteiger partial charge in [0, 0.05) is 16.0 Å². The highest BCUT2D eigenvalue weighted by Crippen LogP contribution is 2.22. The molecule has 4 nitrogen and oxygen atoms in total. The van der Waals surface area contributed by atoms with Crippen LogP contribution >= 0.6 is 22.9 Å². The van der Waals surface area contributed by atoms with Crippen LogP contribution < -0.4 is 5.32 Å². The number of thiophene rings is 1. The predicted molar refractivity (Wildman–Crippen MR) is 90.3 cm³/mol. The topological polar surface area (TPSA) is 46.9 Å². The maximum absolute atomic E-state index is 12.3. The number of carbonyl (C=O) groups is 1. The van der Waals surface area contributed by atoms with Gasteiger partial charge in [-0.1, -0.05) is 17.7 Å². The Bertz CT molecular complexity index is 838. The molecule has 0 bridgehead atoms. The smallest absolute Gasteiger partial charge is 0.266 e. The van der Waals surface area contributed by atoms with Gasteiger partial charge in [-0.3, -0.25) is 4.79 Å².